The van der Waals surface area contributed by atoms with Gasteiger partial charge in [-0.2, -0.15) is 0 Å². The fraction of sp³-hybridized carbons (Fsp3) is 0.353. The maximum absolute atomic E-state index is 11.8. The van der Waals surface area contributed by atoms with Crippen LogP contribution in [-0.2, 0) is 4.79 Å². The lowest BCUT2D eigenvalue weighted by molar-refractivity contribution is -0.116. The molecule has 0 aliphatic carbocycles. The lowest BCUT2D eigenvalue weighted by Gasteiger charge is -2.34. The summed E-state index contributed by atoms with van der Waals surface area (Å²) in [7, 11) is 0. The summed E-state index contributed by atoms with van der Waals surface area (Å²) in [5.74, 6) is 4.25. The molecule has 0 spiro atoms. The minimum atomic E-state index is -0.885. The van der Waals surface area contributed by atoms with Crippen molar-refractivity contribution in [1.82, 2.24) is 20.3 Å². The van der Waals surface area contributed by atoms with Gasteiger partial charge in [-0.1, -0.05) is 5.92 Å². The molecule has 1 aliphatic rings. The van der Waals surface area contributed by atoms with E-state index in [2.05, 4.69) is 32.1 Å². The third-order valence-corrected chi connectivity index (χ3v) is 4.30. The van der Waals surface area contributed by atoms with Crippen LogP contribution < -0.4 is 27.1 Å². The zero-order chi connectivity index (χ0) is 19.6. The van der Waals surface area contributed by atoms with Crippen molar-refractivity contribution in [2.24, 2.45) is 5.73 Å². The van der Waals surface area contributed by atoms with Gasteiger partial charge in [0.1, 0.15) is 5.52 Å². The van der Waals surface area contributed by atoms with E-state index in [-0.39, 0.29) is 28.5 Å². The molecule has 1 aliphatic heterocycles. The highest BCUT2D eigenvalue weighted by molar-refractivity contribution is 6.05. The van der Waals surface area contributed by atoms with E-state index < -0.39 is 17.0 Å². The smallest absolute Gasteiger partial charge is 0.314 e. The lowest BCUT2D eigenvalue weighted by Crippen LogP contribution is -2.48. The number of nitrogens with two attached hydrogens (primary N) is 1. The molecule has 27 heavy (non-hydrogen) atoms. The van der Waals surface area contributed by atoms with Gasteiger partial charge in [0.25, 0.3) is 11.8 Å². The van der Waals surface area contributed by atoms with Crippen molar-refractivity contribution in [2.45, 2.75) is 25.8 Å². The monoisotopic (exact) mass is 370 g/mol. The molecule has 10 nitrogen and oxygen atoms in total. The molecule has 5 N–H and O–H groups in total. The van der Waals surface area contributed by atoms with Crippen LogP contribution >= 0.6 is 0 Å². The minimum Gasteiger partial charge on any atom is -0.365 e. The predicted octanol–water partition coefficient (Wildman–Crippen LogP) is -1.18. The Balaban J connectivity index is 2.02. The van der Waals surface area contributed by atoms with Crippen molar-refractivity contribution in [3.05, 3.63) is 32.5 Å². The molecule has 0 aromatic carbocycles. The van der Waals surface area contributed by atoms with Crippen LogP contribution in [0.2, 0.25) is 0 Å². The number of hydrogen-bond donors (Lipinski definition) is 4. The number of pyridine rings is 1. The van der Waals surface area contributed by atoms with Gasteiger partial charge < -0.3 is 25.9 Å². The Bertz CT molecular complexity index is 1090. The summed E-state index contributed by atoms with van der Waals surface area (Å²) in [6.07, 6.45) is 2.82. The second-order valence-corrected chi connectivity index (χ2v) is 6.15. The molecule has 2 aromatic heterocycles. The molecule has 0 saturated carbocycles. The van der Waals surface area contributed by atoms with Crippen LogP contribution in [0.25, 0.3) is 11.0 Å². The Morgan fingerprint density at radius 1 is 1.30 bits per heavy atom. The molecule has 1 fully saturated rings. The topological polar surface area (TPSA) is 154 Å². The number of aromatic amines is 2. The van der Waals surface area contributed by atoms with Gasteiger partial charge in [0.15, 0.2) is 5.82 Å². The van der Waals surface area contributed by atoms with Crippen molar-refractivity contribution >= 4 is 28.7 Å². The van der Waals surface area contributed by atoms with Gasteiger partial charge in [0, 0.05) is 25.3 Å². The second-order valence-electron chi connectivity index (χ2n) is 6.15. The molecular formula is C17H18N6O4. The maximum atomic E-state index is 11.8. The first-order valence-electron chi connectivity index (χ1n) is 8.34. The summed E-state index contributed by atoms with van der Waals surface area (Å²) < 4.78 is 0. The van der Waals surface area contributed by atoms with E-state index in [0.29, 0.717) is 18.9 Å². The van der Waals surface area contributed by atoms with Crippen LogP contribution in [0.1, 0.15) is 30.1 Å². The van der Waals surface area contributed by atoms with Gasteiger partial charge >= 0.3 is 11.1 Å². The molecular weight excluding hydrogens is 352 g/mol. The number of rotatable bonds is 3. The summed E-state index contributed by atoms with van der Waals surface area (Å²) in [5, 5.41) is 2.83. The third kappa shape index (κ3) is 3.67. The van der Waals surface area contributed by atoms with Crippen LogP contribution in [0.5, 0.6) is 0 Å². The second kappa shape index (κ2) is 7.33. The van der Waals surface area contributed by atoms with E-state index in [1.165, 1.54) is 6.20 Å². The van der Waals surface area contributed by atoms with Gasteiger partial charge in [0.05, 0.1) is 11.1 Å². The summed E-state index contributed by atoms with van der Waals surface area (Å²) in [4.78, 5) is 57.8. The van der Waals surface area contributed by atoms with E-state index in [4.69, 9.17) is 5.73 Å². The third-order valence-electron chi connectivity index (χ3n) is 4.30. The summed E-state index contributed by atoms with van der Waals surface area (Å²) in [6.45, 7) is 2.65. The summed E-state index contributed by atoms with van der Waals surface area (Å²) >= 11 is 0. The average Bonchev–Trinajstić information content (AvgIpc) is 2.62. The van der Waals surface area contributed by atoms with Crippen LogP contribution in [0, 0.1) is 11.8 Å². The molecule has 3 rings (SSSR count). The van der Waals surface area contributed by atoms with Crippen molar-refractivity contribution in [3.8, 4) is 11.8 Å². The summed E-state index contributed by atoms with van der Waals surface area (Å²) in [5.41, 5.74) is 3.94. The minimum absolute atomic E-state index is 0.00202. The number of amides is 2. The van der Waals surface area contributed by atoms with Crippen LogP contribution in [0.3, 0.4) is 0 Å². The van der Waals surface area contributed by atoms with Gasteiger partial charge in [-0.05, 0) is 25.7 Å². The lowest BCUT2D eigenvalue weighted by atomic mass is 10.1. The zero-order valence-corrected chi connectivity index (χ0v) is 14.6. The number of carbonyl (C=O) groups excluding carboxylic acids is 2. The number of anilines is 1. The van der Waals surface area contributed by atoms with E-state index in [9.17, 15) is 19.2 Å². The molecule has 0 bridgehead atoms. The van der Waals surface area contributed by atoms with Crippen molar-refractivity contribution in [3.63, 3.8) is 0 Å². The number of piperidine rings is 1. The SMILES string of the molecule is CC#CC(=O)NC1CCCN(c2ncc(C(N)=O)c3[nH]c(=O)c(=O)[nH]c23)C1. The van der Waals surface area contributed by atoms with E-state index in [0.717, 1.165) is 12.8 Å². The molecule has 2 aromatic rings. The first kappa shape index (κ1) is 18.2. The predicted molar refractivity (Wildman–Crippen MR) is 98.3 cm³/mol. The van der Waals surface area contributed by atoms with Gasteiger partial charge in [-0.25, -0.2) is 4.98 Å². The van der Waals surface area contributed by atoms with Gasteiger partial charge in [-0.3, -0.25) is 19.2 Å². The highest BCUT2D eigenvalue weighted by atomic mass is 16.2. The molecule has 140 valence electrons. The largest absolute Gasteiger partial charge is 0.365 e. The average molecular weight is 370 g/mol. The molecule has 0 radical (unpaired) electrons. The van der Waals surface area contributed by atoms with Crippen LogP contribution in [0.4, 0.5) is 5.82 Å². The van der Waals surface area contributed by atoms with E-state index >= 15 is 0 Å². The number of carbonyl (C=O) groups is 2. The highest BCUT2D eigenvalue weighted by Gasteiger charge is 2.25. The highest BCUT2D eigenvalue weighted by Crippen LogP contribution is 2.25. The number of fused-ring (bicyclic) bond motifs is 1. The van der Waals surface area contributed by atoms with E-state index in [1.807, 2.05) is 4.90 Å². The van der Waals surface area contributed by atoms with Crippen LogP contribution in [-0.4, -0.2) is 45.9 Å². The van der Waals surface area contributed by atoms with Crippen molar-refractivity contribution in [2.75, 3.05) is 18.0 Å². The van der Waals surface area contributed by atoms with Crippen molar-refractivity contribution in [1.29, 1.82) is 0 Å². The van der Waals surface area contributed by atoms with Crippen molar-refractivity contribution < 1.29 is 9.59 Å². The Morgan fingerprint density at radius 2 is 2.00 bits per heavy atom. The number of aromatic nitrogens is 3. The Morgan fingerprint density at radius 3 is 2.67 bits per heavy atom. The molecule has 1 saturated heterocycles. The Kier molecular flexibility index (Phi) is 4.94. The number of nitrogens with one attached hydrogen (secondary N) is 3. The molecule has 1 unspecified atom stereocenters. The number of nitrogens with zero attached hydrogens (tertiary/aromatic N) is 2. The molecule has 2 amide bonds. The van der Waals surface area contributed by atoms with Gasteiger partial charge in [0.2, 0.25) is 0 Å². The van der Waals surface area contributed by atoms with Gasteiger partial charge in [-0.15, -0.1) is 0 Å². The number of H-pyrrole nitrogens is 2. The standard InChI is InChI=1S/C17H18N6O4/c1-2-4-11(24)20-9-5-3-6-23(8-9)15-13-12(10(7-19-15)14(18)25)21-16(26)17(27)22-13/h7,9H,3,5-6,8H2,1H3,(H2,18,25)(H,20,24)(H,21,26)(H,22,27). The fourth-order valence-electron chi connectivity index (χ4n) is 3.14. The number of hydrogen-bond acceptors (Lipinski definition) is 6. The van der Waals surface area contributed by atoms with E-state index in [1.54, 1.807) is 6.92 Å². The number of primary amides is 1. The maximum Gasteiger partial charge on any atom is 0.314 e. The Labute approximate surface area is 153 Å². The fourth-order valence-corrected chi connectivity index (χ4v) is 3.14. The normalized spacial score (nSPS) is 16.5. The van der Waals surface area contributed by atoms with Crippen LogP contribution in [0.15, 0.2) is 15.8 Å². The molecule has 3 heterocycles. The Hall–Kier alpha value is -3.61. The molecule has 1 atom stereocenters. The quantitative estimate of drug-likeness (QED) is 0.394. The summed E-state index contributed by atoms with van der Waals surface area (Å²) in [6, 6.07) is -0.144. The molecule has 10 heteroatoms. The zero-order valence-electron chi connectivity index (χ0n) is 14.6. The first-order valence-corrected chi connectivity index (χ1v) is 8.34. The first-order chi connectivity index (χ1) is 12.9.